The Morgan fingerprint density at radius 2 is 2.14 bits per heavy atom. The van der Waals surface area contributed by atoms with Crippen LogP contribution in [-0.2, 0) is 6.54 Å². The fourth-order valence-corrected chi connectivity index (χ4v) is 2.13. The van der Waals surface area contributed by atoms with E-state index in [1.807, 2.05) is 0 Å². The summed E-state index contributed by atoms with van der Waals surface area (Å²) in [6.07, 6.45) is 1.34. The van der Waals surface area contributed by atoms with Crippen LogP contribution in [0.4, 0.5) is 0 Å². The molecule has 14 heavy (non-hydrogen) atoms. The highest BCUT2D eigenvalue weighted by Crippen LogP contribution is 2.21. The van der Waals surface area contributed by atoms with Gasteiger partial charge in [-0.3, -0.25) is 4.90 Å². The van der Waals surface area contributed by atoms with Crippen LogP contribution in [0.3, 0.4) is 0 Å². The molecule has 0 amide bonds. The average Bonchev–Trinajstić information content (AvgIpc) is 2.10. The van der Waals surface area contributed by atoms with Gasteiger partial charge in [-0.2, -0.15) is 0 Å². The monoisotopic (exact) mass is 189 g/mol. The second-order valence-electron chi connectivity index (χ2n) is 4.46. The first-order valence-corrected chi connectivity index (χ1v) is 5.56. The molecule has 1 fully saturated rings. The first-order valence-electron chi connectivity index (χ1n) is 5.56. The first-order chi connectivity index (χ1) is 6.78. The molecular formula is C13H19N. The molecule has 1 heterocycles. The predicted octanol–water partition coefficient (Wildman–Crippen LogP) is 2.84. The molecule has 0 saturated carbocycles. The van der Waals surface area contributed by atoms with E-state index in [4.69, 9.17) is 0 Å². The third kappa shape index (κ3) is 2.16. The van der Waals surface area contributed by atoms with Gasteiger partial charge in [0.25, 0.3) is 0 Å². The van der Waals surface area contributed by atoms with Crippen LogP contribution in [0.2, 0.25) is 0 Å². The first kappa shape index (κ1) is 9.72. The molecule has 1 heteroatoms. The molecule has 1 aliphatic heterocycles. The number of hydrogen-bond acceptors (Lipinski definition) is 1. The standard InChI is InChI=1S/C13H19N/c1-3-12-8-14(9-12)10-13-6-4-5-11(2)7-13/h4-7,12H,3,8-10H2,1-2H3. The zero-order chi connectivity index (χ0) is 9.97. The molecule has 76 valence electrons. The zero-order valence-electron chi connectivity index (χ0n) is 9.16. The van der Waals surface area contributed by atoms with Crippen molar-refractivity contribution in [2.24, 2.45) is 5.92 Å². The largest absolute Gasteiger partial charge is 0.298 e. The van der Waals surface area contributed by atoms with Crippen molar-refractivity contribution in [3.8, 4) is 0 Å². The highest BCUT2D eigenvalue weighted by Gasteiger charge is 2.24. The molecule has 0 spiro atoms. The van der Waals surface area contributed by atoms with E-state index in [-0.39, 0.29) is 0 Å². The fraction of sp³-hybridized carbons (Fsp3) is 0.538. The maximum absolute atomic E-state index is 2.53. The Morgan fingerprint density at radius 3 is 2.79 bits per heavy atom. The molecule has 1 aliphatic rings. The van der Waals surface area contributed by atoms with E-state index in [2.05, 4.69) is 43.0 Å². The van der Waals surface area contributed by atoms with Crippen molar-refractivity contribution in [1.29, 1.82) is 0 Å². The summed E-state index contributed by atoms with van der Waals surface area (Å²) in [5.74, 6) is 0.958. The van der Waals surface area contributed by atoms with E-state index in [1.165, 1.54) is 30.6 Å². The van der Waals surface area contributed by atoms with Crippen LogP contribution in [0, 0.1) is 12.8 Å². The van der Waals surface area contributed by atoms with Gasteiger partial charge in [0.15, 0.2) is 0 Å². The van der Waals surface area contributed by atoms with Crippen LogP contribution in [-0.4, -0.2) is 18.0 Å². The van der Waals surface area contributed by atoms with Gasteiger partial charge in [-0.1, -0.05) is 43.2 Å². The molecular weight excluding hydrogens is 170 g/mol. The van der Waals surface area contributed by atoms with Crippen LogP contribution in [0.25, 0.3) is 0 Å². The van der Waals surface area contributed by atoms with Crippen LogP contribution >= 0.6 is 0 Å². The fourth-order valence-electron chi connectivity index (χ4n) is 2.13. The minimum atomic E-state index is 0.958. The van der Waals surface area contributed by atoms with Crippen molar-refractivity contribution in [3.05, 3.63) is 35.4 Å². The van der Waals surface area contributed by atoms with E-state index in [0.29, 0.717) is 0 Å². The van der Waals surface area contributed by atoms with Crippen molar-refractivity contribution < 1.29 is 0 Å². The van der Waals surface area contributed by atoms with E-state index in [9.17, 15) is 0 Å². The highest BCUT2D eigenvalue weighted by atomic mass is 15.2. The number of benzene rings is 1. The molecule has 0 bridgehead atoms. The Balaban J connectivity index is 1.87. The van der Waals surface area contributed by atoms with Gasteiger partial charge in [-0.05, 0) is 18.4 Å². The van der Waals surface area contributed by atoms with E-state index in [0.717, 1.165) is 12.5 Å². The van der Waals surface area contributed by atoms with Gasteiger partial charge in [0.1, 0.15) is 0 Å². The third-order valence-corrected chi connectivity index (χ3v) is 3.10. The second-order valence-corrected chi connectivity index (χ2v) is 4.46. The Hall–Kier alpha value is -0.820. The summed E-state index contributed by atoms with van der Waals surface area (Å²) >= 11 is 0. The highest BCUT2D eigenvalue weighted by molar-refractivity contribution is 5.22. The smallest absolute Gasteiger partial charge is 0.0234 e. The molecule has 0 aromatic heterocycles. The maximum Gasteiger partial charge on any atom is 0.0234 e. The molecule has 0 N–H and O–H groups in total. The lowest BCUT2D eigenvalue weighted by Crippen LogP contribution is -2.45. The minimum Gasteiger partial charge on any atom is -0.298 e. The second kappa shape index (κ2) is 4.14. The average molecular weight is 189 g/mol. The van der Waals surface area contributed by atoms with Gasteiger partial charge in [0, 0.05) is 19.6 Å². The normalized spacial score (nSPS) is 18.1. The van der Waals surface area contributed by atoms with Gasteiger partial charge in [0.05, 0.1) is 0 Å². The van der Waals surface area contributed by atoms with Gasteiger partial charge < -0.3 is 0 Å². The molecule has 0 atom stereocenters. The van der Waals surface area contributed by atoms with Crippen LogP contribution in [0.5, 0.6) is 0 Å². The number of nitrogens with zero attached hydrogens (tertiary/aromatic N) is 1. The van der Waals surface area contributed by atoms with Crippen molar-refractivity contribution in [3.63, 3.8) is 0 Å². The van der Waals surface area contributed by atoms with E-state index in [1.54, 1.807) is 0 Å². The van der Waals surface area contributed by atoms with Crippen molar-refractivity contribution in [2.45, 2.75) is 26.8 Å². The molecule has 0 unspecified atom stereocenters. The van der Waals surface area contributed by atoms with Crippen LogP contribution < -0.4 is 0 Å². The number of aryl methyl sites for hydroxylation is 1. The van der Waals surface area contributed by atoms with E-state index >= 15 is 0 Å². The molecule has 0 aliphatic carbocycles. The van der Waals surface area contributed by atoms with E-state index < -0.39 is 0 Å². The molecule has 1 nitrogen and oxygen atoms in total. The molecule has 2 rings (SSSR count). The van der Waals surface area contributed by atoms with Gasteiger partial charge in [-0.25, -0.2) is 0 Å². The van der Waals surface area contributed by atoms with Crippen LogP contribution in [0.15, 0.2) is 24.3 Å². The topological polar surface area (TPSA) is 3.24 Å². The number of hydrogen-bond donors (Lipinski definition) is 0. The van der Waals surface area contributed by atoms with Crippen molar-refractivity contribution in [1.82, 2.24) is 4.90 Å². The summed E-state index contributed by atoms with van der Waals surface area (Å²) in [5, 5.41) is 0. The number of rotatable bonds is 3. The minimum absolute atomic E-state index is 0.958. The van der Waals surface area contributed by atoms with Gasteiger partial charge in [-0.15, -0.1) is 0 Å². The van der Waals surface area contributed by atoms with Gasteiger partial charge in [0.2, 0.25) is 0 Å². The Labute approximate surface area is 86.7 Å². The summed E-state index contributed by atoms with van der Waals surface area (Å²) in [5.41, 5.74) is 2.83. The summed E-state index contributed by atoms with van der Waals surface area (Å²) < 4.78 is 0. The molecule has 1 aromatic carbocycles. The predicted molar refractivity (Wildman–Crippen MR) is 60.2 cm³/mol. The van der Waals surface area contributed by atoms with Crippen molar-refractivity contribution >= 4 is 0 Å². The summed E-state index contributed by atoms with van der Waals surface area (Å²) in [6, 6.07) is 8.84. The quantitative estimate of drug-likeness (QED) is 0.706. The SMILES string of the molecule is CCC1CN(Cc2cccc(C)c2)C1. The van der Waals surface area contributed by atoms with Crippen molar-refractivity contribution in [2.75, 3.05) is 13.1 Å². The Bertz CT molecular complexity index is 300. The Morgan fingerprint density at radius 1 is 1.36 bits per heavy atom. The molecule has 0 radical (unpaired) electrons. The van der Waals surface area contributed by atoms with Crippen LogP contribution in [0.1, 0.15) is 24.5 Å². The third-order valence-electron chi connectivity index (χ3n) is 3.10. The summed E-state index contributed by atoms with van der Waals surface area (Å²) in [6.45, 7) is 8.18. The zero-order valence-corrected chi connectivity index (χ0v) is 9.16. The lowest BCUT2D eigenvalue weighted by molar-refractivity contribution is 0.0899. The van der Waals surface area contributed by atoms with Gasteiger partial charge >= 0.3 is 0 Å². The summed E-state index contributed by atoms with van der Waals surface area (Å²) in [7, 11) is 0. The lowest BCUT2D eigenvalue weighted by atomic mass is 9.96. The lowest BCUT2D eigenvalue weighted by Gasteiger charge is -2.38. The Kier molecular flexibility index (Phi) is 2.87. The molecule has 1 saturated heterocycles. The summed E-state index contributed by atoms with van der Waals surface area (Å²) in [4.78, 5) is 2.53. The maximum atomic E-state index is 2.53. The number of likely N-dealkylation sites (tertiary alicyclic amines) is 1. The molecule has 1 aromatic rings.